The van der Waals surface area contributed by atoms with Crippen LogP contribution in [0, 0.1) is 0 Å². The summed E-state index contributed by atoms with van der Waals surface area (Å²) in [5.41, 5.74) is 2.35. The van der Waals surface area contributed by atoms with Crippen molar-refractivity contribution in [2.45, 2.75) is 31.5 Å². The lowest BCUT2D eigenvalue weighted by Crippen LogP contribution is -2.45. The first-order chi connectivity index (χ1) is 12.7. The third kappa shape index (κ3) is 5.28. The maximum Gasteiger partial charge on any atom is 0.123 e. The molecule has 0 spiro atoms. The number of ether oxygens (including phenoxy) is 3. The largest absolute Gasteiger partial charge is 0.497 e. The molecule has 5 nitrogen and oxygen atoms in total. The molecule has 2 atom stereocenters. The second kappa shape index (κ2) is 10.4. The molecule has 148 valence electrons. The van der Waals surface area contributed by atoms with Crippen molar-refractivity contribution in [3.05, 3.63) is 53.6 Å². The molecule has 0 unspecified atom stereocenters. The Hall–Kier alpha value is -1.95. The second-order valence-corrected chi connectivity index (χ2v) is 6.52. The van der Waals surface area contributed by atoms with E-state index in [2.05, 4.69) is 22.8 Å². The lowest BCUT2D eigenvalue weighted by molar-refractivity contribution is 0.301. The van der Waals surface area contributed by atoms with E-state index < -0.39 is 0 Å². The van der Waals surface area contributed by atoms with Gasteiger partial charge in [-0.25, -0.2) is 0 Å². The van der Waals surface area contributed by atoms with E-state index in [9.17, 15) is 0 Å². The number of hydrogen-bond donors (Lipinski definition) is 2. The zero-order chi connectivity index (χ0) is 18.4. The first kappa shape index (κ1) is 21.4. The Balaban J connectivity index is 0.00000261. The minimum absolute atomic E-state index is 0. The van der Waals surface area contributed by atoms with Gasteiger partial charge in [-0.3, -0.25) is 0 Å². The molecule has 27 heavy (non-hydrogen) atoms. The summed E-state index contributed by atoms with van der Waals surface area (Å²) in [6.45, 7) is 1.76. The minimum Gasteiger partial charge on any atom is -0.497 e. The van der Waals surface area contributed by atoms with E-state index >= 15 is 0 Å². The average molecular weight is 393 g/mol. The van der Waals surface area contributed by atoms with Gasteiger partial charge in [-0.05, 0) is 55.3 Å². The summed E-state index contributed by atoms with van der Waals surface area (Å²) in [5.74, 6) is 2.61. The predicted octanol–water partition coefficient (Wildman–Crippen LogP) is 3.72. The number of piperidine rings is 1. The Morgan fingerprint density at radius 3 is 2.52 bits per heavy atom. The van der Waals surface area contributed by atoms with Gasteiger partial charge in [-0.15, -0.1) is 12.4 Å². The summed E-state index contributed by atoms with van der Waals surface area (Å²) in [4.78, 5) is 0. The fraction of sp³-hybridized carbons (Fsp3) is 0.429. The molecule has 3 rings (SSSR count). The normalized spacial score (nSPS) is 19.1. The van der Waals surface area contributed by atoms with E-state index in [1.165, 1.54) is 5.56 Å². The zero-order valence-electron chi connectivity index (χ0n) is 16.2. The standard InChI is InChI=1S/C21H28N2O3.ClH/c1-24-17-7-4-6-15(12-17)21-19(8-5-11-22-21)23-14-16-13-18(25-2)9-10-20(16)26-3;/h4,6-7,9-10,12-13,19,21-23H,5,8,11,14H2,1-3H3;1H/t19-,21-;/m1./s1. The monoisotopic (exact) mass is 392 g/mol. The lowest BCUT2D eigenvalue weighted by atomic mass is 9.92. The minimum atomic E-state index is 0. The van der Waals surface area contributed by atoms with Gasteiger partial charge < -0.3 is 24.8 Å². The van der Waals surface area contributed by atoms with Crippen LogP contribution in [0.25, 0.3) is 0 Å². The van der Waals surface area contributed by atoms with Crippen molar-refractivity contribution in [2.24, 2.45) is 0 Å². The van der Waals surface area contributed by atoms with Gasteiger partial charge in [0, 0.05) is 24.2 Å². The van der Waals surface area contributed by atoms with Gasteiger partial charge in [-0.1, -0.05) is 12.1 Å². The third-order valence-electron chi connectivity index (χ3n) is 4.95. The molecular weight excluding hydrogens is 364 g/mol. The highest BCUT2D eigenvalue weighted by Crippen LogP contribution is 2.28. The molecule has 1 fully saturated rings. The lowest BCUT2D eigenvalue weighted by Gasteiger charge is -2.34. The molecule has 0 saturated carbocycles. The molecule has 6 heteroatoms. The van der Waals surface area contributed by atoms with Crippen LogP contribution < -0.4 is 24.8 Å². The van der Waals surface area contributed by atoms with Crippen LogP contribution in [-0.4, -0.2) is 33.9 Å². The molecule has 0 bridgehead atoms. The van der Waals surface area contributed by atoms with Crippen LogP contribution >= 0.6 is 12.4 Å². The SMILES string of the molecule is COc1cccc([C@H]2NCCC[C@H]2NCc2cc(OC)ccc2OC)c1.Cl. The Morgan fingerprint density at radius 1 is 1.00 bits per heavy atom. The summed E-state index contributed by atoms with van der Waals surface area (Å²) >= 11 is 0. The summed E-state index contributed by atoms with van der Waals surface area (Å²) < 4.78 is 16.2. The smallest absolute Gasteiger partial charge is 0.123 e. The van der Waals surface area contributed by atoms with Crippen LogP contribution in [0.5, 0.6) is 17.2 Å². The van der Waals surface area contributed by atoms with Crippen molar-refractivity contribution in [3.8, 4) is 17.2 Å². The second-order valence-electron chi connectivity index (χ2n) is 6.52. The molecule has 0 aliphatic carbocycles. The van der Waals surface area contributed by atoms with Crippen molar-refractivity contribution in [1.82, 2.24) is 10.6 Å². The van der Waals surface area contributed by atoms with Crippen LogP contribution in [0.2, 0.25) is 0 Å². The Morgan fingerprint density at radius 2 is 1.78 bits per heavy atom. The van der Waals surface area contributed by atoms with E-state index in [1.807, 2.05) is 30.3 Å². The molecule has 2 aromatic rings. The quantitative estimate of drug-likeness (QED) is 0.752. The van der Waals surface area contributed by atoms with Gasteiger partial charge in [0.2, 0.25) is 0 Å². The molecule has 0 amide bonds. The van der Waals surface area contributed by atoms with Crippen LogP contribution in [0.15, 0.2) is 42.5 Å². The van der Waals surface area contributed by atoms with Crippen LogP contribution in [0.3, 0.4) is 0 Å². The molecule has 1 heterocycles. The third-order valence-corrected chi connectivity index (χ3v) is 4.95. The van der Waals surface area contributed by atoms with Crippen LogP contribution in [0.4, 0.5) is 0 Å². The summed E-state index contributed by atoms with van der Waals surface area (Å²) in [6.07, 6.45) is 2.29. The number of methoxy groups -OCH3 is 3. The Bertz CT molecular complexity index is 726. The summed E-state index contributed by atoms with van der Waals surface area (Å²) in [5, 5.41) is 7.36. The predicted molar refractivity (Wildman–Crippen MR) is 110 cm³/mol. The number of hydrogen-bond acceptors (Lipinski definition) is 5. The van der Waals surface area contributed by atoms with Crippen molar-refractivity contribution >= 4 is 12.4 Å². The first-order valence-corrected chi connectivity index (χ1v) is 9.06. The summed E-state index contributed by atoms with van der Waals surface area (Å²) in [7, 11) is 5.09. The van der Waals surface area contributed by atoms with E-state index in [0.29, 0.717) is 6.04 Å². The highest BCUT2D eigenvalue weighted by Gasteiger charge is 2.26. The fourth-order valence-corrected chi connectivity index (χ4v) is 3.55. The van der Waals surface area contributed by atoms with E-state index in [0.717, 1.165) is 48.7 Å². The first-order valence-electron chi connectivity index (χ1n) is 9.06. The highest BCUT2D eigenvalue weighted by molar-refractivity contribution is 5.85. The van der Waals surface area contributed by atoms with Gasteiger partial charge in [0.25, 0.3) is 0 Å². The van der Waals surface area contributed by atoms with Gasteiger partial charge >= 0.3 is 0 Å². The molecule has 1 aliphatic rings. The Labute approximate surface area is 167 Å². The molecule has 1 saturated heterocycles. The highest BCUT2D eigenvalue weighted by atomic mass is 35.5. The van der Waals surface area contributed by atoms with Crippen molar-refractivity contribution in [1.29, 1.82) is 0 Å². The van der Waals surface area contributed by atoms with E-state index in [4.69, 9.17) is 14.2 Å². The average Bonchev–Trinajstić information content (AvgIpc) is 2.72. The number of benzene rings is 2. The molecule has 2 aromatic carbocycles. The van der Waals surface area contributed by atoms with E-state index in [-0.39, 0.29) is 18.4 Å². The van der Waals surface area contributed by atoms with Crippen LogP contribution in [0.1, 0.15) is 30.0 Å². The van der Waals surface area contributed by atoms with Crippen LogP contribution in [-0.2, 0) is 6.54 Å². The van der Waals surface area contributed by atoms with Gasteiger partial charge in [0.05, 0.1) is 21.3 Å². The number of rotatable bonds is 7. The molecule has 1 aliphatic heterocycles. The fourth-order valence-electron chi connectivity index (χ4n) is 3.55. The molecule has 0 radical (unpaired) electrons. The summed E-state index contributed by atoms with van der Waals surface area (Å²) in [6, 6.07) is 14.8. The van der Waals surface area contributed by atoms with Crippen molar-refractivity contribution in [3.63, 3.8) is 0 Å². The molecule has 2 N–H and O–H groups in total. The van der Waals surface area contributed by atoms with Gasteiger partial charge in [0.15, 0.2) is 0 Å². The van der Waals surface area contributed by atoms with Crippen molar-refractivity contribution < 1.29 is 14.2 Å². The van der Waals surface area contributed by atoms with Crippen molar-refractivity contribution in [2.75, 3.05) is 27.9 Å². The molecule has 0 aromatic heterocycles. The topological polar surface area (TPSA) is 51.8 Å². The van der Waals surface area contributed by atoms with Gasteiger partial charge in [-0.2, -0.15) is 0 Å². The van der Waals surface area contributed by atoms with E-state index in [1.54, 1.807) is 21.3 Å². The molecular formula is C21H29ClN2O3. The number of nitrogens with one attached hydrogen (secondary N) is 2. The maximum atomic E-state index is 5.50. The zero-order valence-corrected chi connectivity index (χ0v) is 17.0. The number of halogens is 1. The van der Waals surface area contributed by atoms with Gasteiger partial charge in [0.1, 0.15) is 17.2 Å². The maximum absolute atomic E-state index is 5.50. The Kier molecular flexibility index (Phi) is 8.23.